The van der Waals surface area contributed by atoms with E-state index in [1.807, 2.05) is 0 Å². The van der Waals surface area contributed by atoms with Gasteiger partial charge in [0, 0.05) is 17.6 Å². The fourth-order valence-corrected chi connectivity index (χ4v) is 3.92. The van der Waals surface area contributed by atoms with Crippen molar-refractivity contribution in [2.45, 2.75) is 57.8 Å². The van der Waals surface area contributed by atoms with E-state index in [1.54, 1.807) is 0 Å². The fraction of sp³-hybridized carbons (Fsp3) is 0.667. The molecule has 20 heavy (non-hydrogen) atoms. The molecule has 1 aromatic carbocycles. The fourth-order valence-electron chi connectivity index (χ4n) is 3.92. The molecule has 0 bridgehead atoms. The van der Waals surface area contributed by atoms with E-state index in [1.165, 1.54) is 74.6 Å². The van der Waals surface area contributed by atoms with Gasteiger partial charge in [-0.3, -0.25) is 0 Å². The Bertz CT molecular complexity index is 449. The molecule has 1 fully saturated rings. The van der Waals surface area contributed by atoms with E-state index < -0.39 is 0 Å². The van der Waals surface area contributed by atoms with Crippen LogP contribution in [-0.4, -0.2) is 18.3 Å². The van der Waals surface area contributed by atoms with E-state index in [-0.39, 0.29) is 5.41 Å². The summed E-state index contributed by atoms with van der Waals surface area (Å²) in [5.74, 6) is 0. The highest BCUT2D eigenvalue weighted by atomic mass is 16.3. The molecule has 3 rings (SSSR count). The summed E-state index contributed by atoms with van der Waals surface area (Å²) < 4.78 is 0. The number of nitrogens with one attached hydrogen (secondary N) is 1. The molecule has 2 nitrogen and oxygen atoms in total. The molecule has 0 atom stereocenters. The van der Waals surface area contributed by atoms with Crippen LogP contribution in [0.4, 0.5) is 5.69 Å². The van der Waals surface area contributed by atoms with Crippen molar-refractivity contribution in [1.29, 1.82) is 0 Å². The van der Waals surface area contributed by atoms with Crippen molar-refractivity contribution in [1.82, 2.24) is 0 Å². The predicted octanol–water partition coefficient (Wildman–Crippen LogP) is 3.92. The number of aliphatic hydroxyl groups is 1. The Morgan fingerprint density at radius 1 is 1.00 bits per heavy atom. The van der Waals surface area contributed by atoms with Crippen LogP contribution in [0.15, 0.2) is 18.2 Å². The van der Waals surface area contributed by atoms with Crippen LogP contribution in [0.2, 0.25) is 0 Å². The normalized spacial score (nSPS) is 21.2. The van der Waals surface area contributed by atoms with Gasteiger partial charge in [-0.1, -0.05) is 31.4 Å². The van der Waals surface area contributed by atoms with Crippen molar-refractivity contribution < 1.29 is 5.11 Å². The summed E-state index contributed by atoms with van der Waals surface area (Å²) in [6.45, 7) is 1.26. The second-order valence-electron chi connectivity index (χ2n) is 6.72. The van der Waals surface area contributed by atoms with Crippen LogP contribution in [0.25, 0.3) is 0 Å². The first kappa shape index (κ1) is 13.9. The van der Waals surface area contributed by atoms with Gasteiger partial charge in [-0.15, -0.1) is 0 Å². The molecule has 2 N–H and O–H groups in total. The molecule has 110 valence electrons. The number of benzene rings is 1. The summed E-state index contributed by atoms with van der Waals surface area (Å²) in [6, 6.07) is 6.68. The van der Waals surface area contributed by atoms with Crippen molar-refractivity contribution in [3.05, 3.63) is 29.3 Å². The van der Waals surface area contributed by atoms with Crippen molar-refractivity contribution in [3.63, 3.8) is 0 Å². The standard InChI is InChI=1S/C18H27NO/c20-14-18(11-4-1-5-12-18)13-19-17-10-6-8-15-7-2-3-9-16(15)17/h6,8,10,19-20H,1-5,7,9,11-14H2. The Morgan fingerprint density at radius 2 is 1.80 bits per heavy atom. The summed E-state index contributed by atoms with van der Waals surface area (Å²) >= 11 is 0. The number of hydrogen-bond donors (Lipinski definition) is 2. The molecule has 0 saturated heterocycles. The van der Waals surface area contributed by atoms with Crippen molar-refractivity contribution in [3.8, 4) is 0 Å². The topological polar surface area (TPSA) is 32.3 Å². The van der Waals surface area contributed by atoms with Gasteiger partial charge in [0.05, 0.1) is 6.61 Å². The lowest BCUT2D eigenvalue weighted by Gasteiger charge is -2.36. The van der Waals surface area contributed by atoms with Gasteiger partial charge in [-0.2, -0.15) is 0 Å². The van der Waals surface area contributed by atoms with E-state index in [9.17, 15) is 5.11 Å². The second kappa shape index (κ2) is 6.17. The van der Waals surface area contributed by atoms with Gasteiger partial charge in [0.2, 0.25) is 0 Å². The molecular weight excluding hydrogens is 246 g/mol. The van der Waals surface area contributed by atoms with Gasteiger partial charge in [0.1, 0.15) is 0 Å². The highest BCUT2D eigenvalue weighted by molar-refractivity contribution is 5.55. The van der Waals surface area contributed by atoms with Crippen LogP contribution in [-0.2, 0) is 12.8 Å². The zero-order valence-electron chi connectivity index (χ0n) is 12.5. The lowest BCUT2D eigenvalue weighted by atomic mass is 9.74. The largest absolute Gasteiger partial charge is 0.396 e. The average molecular weight is 273 g/mol. The number of anilines is 1. The van der Waals surface area contributed by atoms with Gasteiger partial charge in [-0.05, 0) is 55.7 Å². The molecule has 1 aromatic rings. The van der Waals surface area contributed by atoms with Gasteiger partial charge < -0.3 is 10.4 Å². The smallest absolute Gasteiger partial charge is 0.0504 e. The Hall–Kier alpha value is -1.02. The minimum absolute atomic E-state index is 0.121. The van der Waals surface area contributed by atoms with Crippen LogP contribution >= 0.6 is 0 Å². The van der Waals surface area contributed by atoms with Crippen molar-refractivity contribution in [2.75, 3.05) is 18.5 Å². The minimum Gasteiger partial charge on any atom is -0.396 e. The summed E-state index contributed by atoms with van der Waals surface area (Å²) in [5, 5.41) is 13.5. The molecule has 1 saturated carbocycles. The maximum absolute atomic E-state index is 9.82. The third kappa shape index (κ3) is 2.85. The van der Waals surface area contributed by atoms with E-state index in [0.29, 0.717) is 6.61 Å². The lowest BCUT2D eigenvalue weighted by Crippen LogP contribution is -2.35. The first-order valence-electron chi connectivity index (χ1n) is 8.29. The van der Waals surface area contributed by atoms with Gasteiger partial charge in [-0.25, -0.2) is 0 Å². The third-order valence-electron chi connectivity index (χ3n) is 5.30. The summed E-state index contributed by atoms with van der Waals surface area (Å²) in [6.07, 6.45) is 11.3. The Balaban J connectivity index is 1.71. The molecule has 0 unspecified atom stereocenters. The number of aryl methyl sites for hydroxylation is 1. The number of rotatable bonds is 4. The van der Waals surface area contributed by atoms with Crippen LogP contribution in [0.1, 0.15) is 56.1 Å². The average Bonchev–Trinajstić information content (AvgIpc) is 2.54. The second-order valence-corrected chi connectivity index (χ2v) is 6.72. The van der Waals surface area contributed by atoms with E-state index in [2.05, 4.69) is 23.5 Å². The molecule has 2 aliphatic rings. The molecule has 2 heteroatoms. The van der Waals surface area contributed by atoms with Gasteiger partial charge in [0.25, 0.3) is 0 Å². The highest BCUT2D eigenvalue weighted by Gasteiger charge is 2.31. The summed E-state index contributed by atoms with van der Waals surface area (Å²) in [7, 11) is 0. The molecule has 0 spiro atoms. The van der Waals surface area contributed by atoms with E-state index >= 15 is 0 Å². The third-order valence-corrected chi connectivity index (χ3v) is 5.30. The quantitative estimate of drug-likeness (QED) is 0.871. The molecule has 0 radical (unpaired) electrons. The van der Waals surface area contributed by atoms with E-state index in [4.69, 9.17) is 0 Å². The number of hydrogen-bond acceptors (Lipinski definition) is 2. The first-order chi connectivity index (χ1) is 9.83. The van der Waals surface area contributed by atoms with Crippen LogP contribution in [0.5, 0.6) is 0 Å². The molecule has 2 aliphatic carbocycles. The Kier molecular flexibility index (Phi) is 4.30. The SMILES string of the molecule is OCC1(CNc2cccc3c2CCCC3)CCCCC1. The van der Waals surface area contributed by atoms with Crippen LogP contribution in [0, 0.1) is 5.41 Å². The molecule has 0 aliphatic heterocycles. The molecule has 0 heterocycles. The van der Waals surface area contributed by atoms with Crippen molar-refractivity contribution >= 4 is 5.69 Å². The summed E-state index contributed by atoms with van der Waals surface area (Å²) in [5.41, 5.74) is 4.50. The number of aliphatic hydroxyl groups excluding tert-OH is 1. The highest BCUT2D eigenvalue weighted by Crippen LogP contribution is 2.37. The van der Waals surface area contributed by atoms with Crippen LogP contribution in [0.3, 0.4) is 0 Å². The van der Waals surface area contributed by atoms with Gasteiger partial charge in [0.15, 0.2) is 0 Å². The summed E-state index contributed by atoms with van der Waals surface area (Å²) in [4.78, 5) is 0. The maximum Gasteiger partial charge on any atom is 0.0504 e. The molecule has 0 amide bonds. The first-order valence-corrected chi connectivity index (χ1v) is 8.29. The predicted molar refractivity (Wildman–Crippen MR) is 84.2 cm³/mol. The zero-order chi connectivity index (χ0) is 13.8. The van der Waals surface area contributed by atoms with E-state index in [0.717, 1.165) is 6.54 Å². The number of fused-ring (bicyclic) bond motifs is 1. The minimum atomic E-state index is 0.121. The monoisotopic (exact) mass is 273 g/mol. The Labute approximate surface area is 122 Å². The Morgan fingerprint density at radius 3 is 2.60 bits per heavy atom. The zero-order valence-corrected chi connectivity index (χ0v) is 12.5. The lowest BCUT2D eigenvalue weighted by molar-refractivity contribution is 0.0944. The van der Waals surface area contributed by atoms with Crippen molar-refractivity contribution in [2.24, 2.45) is 5.41 Å². The van der Waals surface area contributed by atoms with Crippen LogP contribution < -0.4 is 5.32 Å². The molecular formula is C18H27NO. The molecule has 0 aromatic heterocycles. The van der Waals surface area contributed by atoms with Gasteiger partial charge >= 0.3 is 0 Å². The maximum atomic E-state index is 9.82.